The summed E-state index contributed by atoms with van der Waals surface area (Å²) in [4.78, 5) is 11.9. The molecule has 0 bridgehead atoms. The number of carbonyl (C=O) groups excluding carboxylic acids is 1. The van der Waals surface area contributed by atoms with Crippen LogP contribution in [0, 0.1) is 6.92 Å². The Morgan fingerprint density at radius 3 is 2.35 bits per heavy atom. The SMILES string of the molecule is Cc1cccc(S(C)(=O)=O)c1C(=O)OC(C)C. The lowest BCUT2D eigenvalue weighted by Gasteiger charge is -2.12. The molecule has 0 saturated heterocycles. The molecule has 1 aromatic rings. The average molecular weight is 256 g/mol. The molecule has 0 saturated carbocycles. The van der Waals surface area contributed by atoms with Crippen molar-refractivity contribution in [1.29, 1.82) is 0 Å². The van der Waals surface area contributed by atoms with Gasteiger partial charge >= 0.3 is 5.97 Å². The fourth-order valence-electron chi connectivity index (χ4n) is 1.48. The Balaban J connectivity index is 3.36. The number of aryl methyl sites for hydroxylation is 1. The first kappa shape index (κ1) is 13.7. The molecule has 17 heavy (non-hydrogen) atoms. The molecule has 1 rings (SSSR count). The number of ether oxygens (including phenoxy) is 1. The number of benzene rings is 1. The lowest BCUT2D eigenvalue weighted by molar-refractivity contribution is 0.0372. The zero-order valence-corrected chi connectivity index (χ0v) is 11.2. The summed E-state index contributed by atoms with van der Waals surface area (Å²) in [5, 5.41) is 0. The Morgan fingerprint density at radius 1 is 1.29 bits per heavy atom. The van der Waals surface area contributed by atoms with E-state index < -0.39 is 15.8 Å². The van der Waals surface area contributed by atoms with E-state index in [9.17, 15) is 13.2 Å². The quantitative estimate of drug-likeness (QED) is 0.776. The first-order valence-corrected chi connectivity index (χ1v) is 7.13. The van der Waals surface area contributed by atoms with Crippen LogP contribution < -0.4 is 0 Å². The van der Waals surface area contributed by atoms with Gasteiger partial charge < -0.3 is 4.74 Å². The summed E-state index contributed by atoms with van der Waals surface area (Å²) in [6.45, 7) is 5.12. The molecule has 0 aromatic heterocycles. The summed E-state index contributed by atoms with van der Waals surface area (Å²) in [7, 11) is -3.44. The van der Waals surface area contributed by atoms with Crippen molar-refractivity contribution in [3.8, 4) is 0 Å². The molecule has 0 amide bonds. The molecule has 0 unspecified atom stereocenters. The van der Waals surface area contributed by atoms with Gasteiger partial charge in [0.25, 0.3) is 0 Å². The Bertz CT molecular complexity index is 529. The normalized spacial score (nSPS) is 11.6. The van der Waals surface area contributed by atoms with Gasteiger partial charge in [0.05, 0.1) is 16.6 Å². The van der Waals surface area contributed by atoms with Crippen LogP contribution in [0.1, 0.15) is 29.8 Å². The molecule has 0 aliphatic carbocycles. The Morgan fingerprint density at radius 2 is 1.88 bits per heavy atom. The van der Waals surface area contributed by atoms with Gasteiger partial charge in [-0.2, -0.15) is 0 Å². The summed E-state index contributed by atoms with van der Waals surface area (Å²) in [5.74, 6) is -0.599. The van der Waals surface area contributed by atoms with Crippen molar-refractivity contribution in [2.45, 2.75) is 31.8 Å². The van der Waals surface area contributed by atoms with Crippen LogP contribution in [-0.4, -0.2) is 26.7 Å². The molecular formula is C12H16O4S. The Labute approximate surface area is 102 Å². The molecule has 94 valence electrons. The predicted molar refractivity (Wildman–Crippen MR) is 64.8 cm³/mol. The Kier molecular flexibility index (Phi) is 3.93. The van der Waals surface area contributed by atoms with Gasteiger partial charge in [-0.1, -0.05) is 12.1 Å². The van der Waals surface area contributed by atoms with Crippen molar-refractivity contribution in [2.24, 2.45) is 0 Å². The second-order valence-electron chi connectivity index (χ2n) is 4.17. The molecule has 1 aromatic carbocycles. The maximum absolute atomic E-state index is 11.9. The van der Waals surface area contributed by atoms with Crippen molar-refractivity contribution >= 4 is 15.8 Å². The highest BCUT2D eigenvalue weighted by Gasteiger charge is 2.22. The molecule has 4 nitrogen and oxygen atoms in total. The maximum Gasteiger partial charge on any atom is 0.339 e. The first-order valence-electron chi connectivity index (χ1n) is 5.24. The van der Waals surface area contributed by atoms with E-state index >= 15 is 0 Å². The fourth-order valence-corrected chi connectivity index (χ4v) is 2.43. The number of sulfone groups is 1. The number of hydrogen-bond acceptors (Lipinski definition) is 4. The minimum absolute atomic E-state index is 0.0168. The molecule has 0 spiro atoms. The van der Waals surface area contributed by atoms with E-state index in [1.165, 1.54) is 6.07 Å². The van der Waals surface area contributed by atoms with E-state index in [1.807, 2.05) is 0 Å². The first-order chi connectivity index (χ1) is 7.73. The maximum atomic E-state index is 11.9. The van der Waals surface area contributed by atoms with Gasteiger partial charge in [-0.05, 0) is 32.4 Å². The van der Waals surface area contributed by atoms with Gasteiger partial charge in [0.2, 0.25) is 0 Å². The van der Waals surface area contributed by atoms with E-state index in [1.54, 1.807) is 32.9 Å². The highest BCUT2D eigenvalue weighted by Crippen LogP contribution is 2.20. The number of hydrogen-bond donors (Lipinski definition) is 0. The highest BCUT2D eigenvalue weighted by molar-refractivity contribution is 7.90. The van der Waals surface area contributed by atoms with E-state index in [2.05, 4.69) is 0 Å². The van der Waals surface area contributed by atoms with Crippen molar-refractivity contribution in [3.05, 3.63) is 29.3 Å². The van der Waals surface area contributed by atoms with Crippen LogP contribution in [0.5, 0.6) is 0 Å². The van der Waals surface area contributed by atoms with Crippen molar-refractivity contribution in [1.82, 2.24) is 0 Å². The van der Waals surface area contributed by atoms with Crippen LogP contribution in [0.3, 0.4) is 0 Å². The minimum Gasteiger partial charge on any atom is -0.459 e. The second-order valence-corrected chi connectivity index (χ2v) is 6.16. The molecule has 0 aliphatic heterocycles. The van der Waals surface area contributed by atoms with Crippen LogP contribution >= 0.6 is 0 Å². The van der Waals surface area contributed by atoms with Crippen LogP contribution in [0.15, 0.2) is 23.1 Å². The summed E-state index contributed by atoms with van der Waals surface area (Å²) in [6.07, 6.45) is 0.794. The molecular weight excluding hydrogens is 240 g/mol. The van der Waals surface area contributed by atoms with E-state index in [0.29, 0.717) is 5.56 Å². The van der Waals surface area contributed by atoms with E-state index in [0.717, 1.165) is 6.26 Å². The van der Waals surface area contributed by atoms with Gasteiger partial charge in [-0.25, -0.2) is 13.2 Å². The van der Waals surface area contributed by atoms with Gasteiger partial charge in [-0.3, -0.25) is 0 Å². The summed E-state index contributed by atoms with van der Waals surface area (Å²) in [6, 6.07) is 4.71. The standard InChI is InChI=1S/C12H16O4S/c1-8(2)16-12(13)11-9(3)6-5-7-10(11)17(4,14)15/h5-8H,1-4H3. The summed E-state index contributed by atoms with van der Waals surface area (Å²) in [5.41, 5.74) is 0.724. The van der Waals surface area contributed by atoms with E-state index in [4.69, 9.17) is 4.74 Å². The van der Waals surface area contributed by atoms with Crippen LogP contribution in [0.4, 0.5) is 0 Å². The smallest absolute Gasteiger partial charge is 0.339 e. The topological polar surface area (TPSA) is 60.4 Å². The number of rotatable bonds is 3. The summed E-state index contributed by atoms with van der Waals surface area (Å²) >= 11 is 0. The molecule has 5 heteroatoms. The summed E-state index contributed by atoms with van der Waals surface area (Å²) < 4.78 is 28.2. The zero-order valence-electron chi connectivity index (χ0n) is 10.4. The third-order valence-corrected chi connectivity index (χ3v) is 3.32. The number of esters is 1. The monoisotopic (exact) mass is 256 g/mol. The molecule has 0 heterocycles. The highest BCUT2D eigenvalue weighted by atomic mass is 32.2. The van der Waals surface area contributed by atoms with Crippen LogP contribution in [0.2, 0.25) is 0 Å². The molecule has 0 fully saturated rings. The van der Waals surface area contributed by atoms with Crippen molar-refractivity contribution < 1.29 is 17.9 Å². The van der Waals surface area contributed by atoms with Crippen molar-refractivity contribution in [3.63, 3.8) is 0 Å². The zero-order chi connectivity index (χ0) is 13.2. The lowest BCUT2D eigenvalue weighted by Crippen LogP contribution is -2.16. The van der Waals surface area contributed by atoms with Crippen molar-refractivity contribution in [2.75, 3.05) is 6.26 Å². The van der Waals surface area contributed by atoms with Crippen LogP contribution in [0.25, 0.3) is 0 Å². The largest absolute Gasteiger partial charge is 0.459 e. The van der Waals surface area contributed by atoms with Gasteiger partial charge in [0, 0.05) is 6.26 Å². The van der Waals surface area contributed by atoms with E-state index in [-0.39, 0.29) is 16.6 Å². The molecule has 0 radical (unpaired) electrons. The molecule has 0 aliphatic rings. The average Bonchev–Trinajstić information content (AvgIpc) is 2.14. The fraction of sp³-hybridized carbons (Fsp3) is 0.417. The lowest BCUT2D eigenvalue weighted by atomic mass is 10.1. The van der Waals surface area contributed by atoms with Gasteiger partial charge in [-0.15, -0.1) is 0 Å². The predicted octanol–water partition coefficient (Wildman–Crippen LogP) is 1.96. The molecule has 0 N–H and O–H groups in total. The second kappa shape index (κ2) is 4.87. The van der Waals surface area contributed by atoms with Gasteiger partial charge in [0.15, 0.2) is 9.84 Å². The third kappa shape index (κ3) is 3.30. The third-order valence-electron chi connectivity index (χ3n) is 2.18. The molecule has 0 atom stereocenters. The Hall–Kier alpha value is -1.36. The van der Waals surface area contributed by atoms with Gasteiger partial charge in [0.1, 0.15) is 0 Å². The minimum atomic E-state index is -3.44. The number of carbonyl (C=O) groups is 1. The van der Waals surface area contributed by atoms with Crippen LogP contribution in [-0.2, 0) is 14.6 Å².